The van der Waals surface area contributed by atoms with Gasteiger partial charge in [0.2, 0.25) is 10.0 Å². The van der Waals surface area contributed by atoms with Crippen LogP contribution in [0.25, 0.3) is 0 Å². The SMILES string of the molecule is COc1ccc(N(C)S(=O)(=O)c2ccc(OC)c(N3CCN(S(=O)(=O)c4ccccc4Cl)CC3)c2)cc1. The molecule has 0 N–H and O–H groups in total. The van der Waals surface area contributed by atoms with Gasteiger partial charge < -0.3 is 14.4 Å². The fraction of sp³-hybridized carbons (Fsp3) is 0.280. The van der Waals surface area contributed by atoms with Gasteiger partial charge in [-0.3, -0.25) is 4.31 Å². The fourth-order valence-electron chi connectivity index (χ4n) is 4.13. The third-order valence-electron chi connectivity index (χ3n) is 6.28. The number of piperazine rings is 1. The quantitative estimate of drug-likeness (QED) is 0.411. The zero-order valence-corrected chi connectivity index (χ0v) is 23.1. The molecule has 4 rings (SSSR count). The molecule has 0 amide bonds. The van der Waals surface area contributed by atoms with E-state index in [0.29, 0.717) is 36.0 Å². The first-order valence-corrected chi connectivity index (χ1v) is 14.7. The molecular formula is C25H28ClN3O6S2. The molecule has 0 unspecified atom stereocenters. The maximum absolute atomic E-state index is 13.4. The van der Waals surface area contributed by atoms with Crippen LogP contribution in [0.1, 0.15) is 0 Å². The first-order valence-electron chi connectivity index (χ1n) is 11.4. The Kier molecular flexibility index (Phi) is 7.88. The number of benzene rings is 3. The topological polar surface area (TPSA) is 96.5 Å². The lowest BCUT2D eigenvalue weighted by Gasteiger charge is -2.36. The average Bonchev–Trinajstić information content (AvgIpc) is 2.92. The summed E-state index contributed by atoms with van der Waals surface area (Å²) in [5.41, 5.74) is 1.05. The van der Waals surface area contributed by atoms with Gasteiger partial charge in [-0.25, -0.2) is 16.8 Å². The van der Waals surface area contributed by atoms with Gasteiger partial charge in [-0.1, -0.05) is 23.7 Å². The maximum atomic E-state index is 13.4. The molecule has 0 bridgehead atoms. The van der Waals surface area contributed by atoms with Crippen LogP contribution in [0.2, 0.25) is 5.02 Å². The van der Waals surface area contributed by atoms with Crippen LogP contribution in [-0.2, 0) is 20.0 Å². The second kappa shape index (κ2) is 10.8. The van der Waals surface area contributed by atoms with Gasteiger partial charge in [0.25, 0.3) is 10.0 Å². The van der Waals surface area contributed by atoms with Crippen molar-refractivity contribution < 1.29 is 26.3 Å². The van der Waals surface area contributed by atoms with E-state index in [9.17, 15) is 16.8 Å². The lowest BCUT2D eigenvalue weighted by molar-refractivity contribution is 0.378. The van der Waals surface area contributed by atoms with Crippen molar-refractivity contribution in [1.29, 1.82) is 0 Å². The molecule has 3 aromatic carbocycles. The third-order valence-corrected chi connectivity index (χ3v) is 10.5. The van der Waals surface area contributed by atoms with Crippen LogP contribution in [-0.4, -0.2) is 68.6 Å². The molecule has 1 aliphatic rings. The number of halogens is 1. The number of hydrogen-bond donors (Lipinski definition) is 0. The number of hydrogen-bond acceptors (Lipinski definition) is 7. The van der Waals surface area contributed by atoms with Crippen molar-refractivity contribution in [3.05, 3.63) is 71.8 Å². The van der Waals surface area contributed by atoms with E-state index in [0.717, 1.165) is 0 Å². The predicted molar refractivity (Wildman–Crippen MR) is 144 cm³/mol. The van der Waals surface area contributed by atoms with Crippen molar-refractivity contribution in [2.75, 3.05) is 56.7 Å². The predicted octanol–water partition coefficient (Wildman–Crippen LogP) is 3.69. The molecule has 0 radical (unpaired) electrons. The molecular weight excluding hydrogens is 538 g/mol. The summed E-state index contributed by atoms with van der Waals surface area (Å²) in [7, 11) is -3.11. The molecule has 9 nitrogen and oxygen atoms in total. The summed E-state index contributed by atoms with van der Waals surface area (Å²) in [6, 6.07) is 17.7. The zero-order chi connectivity index (χ0) is 26.8. The Morgan fingerprint density at radius 1 is 0.838 bits per heavy atom. The molecule has 0 saturated carbocycles. The number of ether oxygens (including phenoxy) is 2. The molecule has 1 heterocycles. The Morgan fingerprint density at radius 2 is 1.49 bits per heavy atom. The summed E-state index contributed by atoms with van der Waals surface area (Å²) in [6.45, 7) is 1.11. The second-order valence-corrected chi connectivity index (χ2v) is 12.6. The Balaban J connectivity index is 1.57. The van der Waals surface area contributed by atoms with Crippen LogP contribution in [0, 0.1) is 0 Å². The van der Waals surface area contributed by atoms with Crippen molar-refractivity contribution in [3.63, 3.8) is 0 Å². The lowest BCUT2D eigenvalue weighted by atomic mass is 10.2. The third kappa shape index (κ3) is 5.35. The highest BCUT2D eigenvalue weighted by atomic mass is 35.5. The molecule has 0 aliphatic carbocycles. The number of methoxy groups -OCH3 is 2. The minimum Gasteiger partial charge on any atom is -0.497 e. The molecule has 0 spiro atoms. The van der Waals surface area contributed by atoms with Crippen molar-refractivity contribution in [2.24, 2.45) is 0 Å². The van der Waals surface area contributed by atoms with E-state index in [4.69, 9.17) is 21.1 Å². The maximum Gasteiger partial charge on any atom is 0.264 e. The first-order chi connectivity index (χ1) is 17.6. The van der Waals surface area contributed by atoms with Gasteiger partial charge in [0.15, 0.2) is 0 Å². The van der Waals surface area contributed by atoms with Gasteiger partial charge in [-0.15, -0.1) is 0 Å². The van der Waals surface area contributed by atoms with E-state index in [-0.39, 0.29) is 27.9 Å². The molecule has 37 heavy (non-hydrogen) atoms. The van der Waals surface area contributed by atoms with Crippen LogP contribution >= 0.6 is 11.6 Å². The number of nitrogens with zero attached hydrogens (tertiary/aromatic N) is 3. The molecule has 1 aliphatic heterocycles. The van der Waals surface area contributed by atoms with Gasteiger partial charge in [-0.2, -0.15) is 4.31 Å². The van der Waals surface area contributed by atoms with E-state index in [1.165, 1.54) is 34.9 Å². The largest absolute Gasteiger partial charge is 0.497 e. The molecule has 0 aromatic heterocycles. The highest BCUT2D eigenvalue weighted by molar-refractivity contribution is 7.92. The number of anilines is 2. The highest BCUT2D eigenvalue weighted by Crippen LogP contribution is 2.34. The molecule has 3 aromatic rings. The van der Waals surface area contributed by atoms with Gasteiger partial charge in [0, 0.05) is 33.2 Å². The minimum absolute atomic E-state index is 0.0670. The second-order valence-electron chi connectivity index (χ2n) is 8.33. The van der Waals surface area contributed by atoms with Gasteiger partial charge in [0.1, 0.15) is 16.4 Å². The Labute approximate surface area is 222 Å². The van der Waals surface area contributed by atoms with Crippen molar-refractivity contribution in [2.45, 2.75) is 9.79 Å². The average molecular weight is 566 g/mol. The Bertz CT molecular complexity index is 1470. The summed E-state index contributed by atoms with van der Waals surface area (Å²) in [4.78, 5) is 2.08. The van der Waals surface area contributed by atoms with Crippen LogP contribution in [0.15, 0.2) is 76.5 Å². The van der Waals surface area contributed by atoms with Crippen LogP contribution in [0.5, 0.6) is 11.5 Å². The van der Waals surface area contributed by atoms with Crippen LogP contribution in [0.4, 0.5) is 11.4 Å². The van der Waals surface area contributed by atoms with E-state index in [2.05, 4.69) is 0 Å². The summed E-state index contributed by atoms with van der Waals surface area (Å²) in [5.74, 6) is 1.12. The molecule has 0 atom stereocenters. The zero-order valence-electron chi connectivity index (χ0n) is 20.7. The standard InChI is InChI=1S/C25H28ClN3O6S2/c1-27(19-8-10-20(34-2)11-9-19)36(30,31)21-12-13-24(35-3)23(18-21)28-14-16-29(17-15-28)37(32,33)25-7-5-4-6-22(25)26/h4-13,18H,14-17H2,1-3H3. The number of rotatable bonds is 8. The molecule has 198 valence electrons. The van der Waals surface area contributed by atoms with E-state index < -0.39 is 20.0 Å². The molecule has 1 fully saturated rings. The van der Waals surface area contributed by atoms with Gasteiger partial charge in [0.05, 0.1) is 35.5 Å². The minimum atomic E-state index is -3.88. The van der Waals surface area contributed by atoms with E-state index >= 15 is 0 Å². The van der Waals surface area contributed by atoms with Gasteiger partial charge in [-0.05, 0) is 54.6 Å². The molecule has 12 heteroatoms. The van der Waals surface area contributed by atoms with Crippen LogP contribution in [0.3, 0.4) is 0 Å². The summed E-state index contributed by atoms with van der Waals surface area (Å²) < 4.78 is 66.3. The van der Waals surface area contributed by atoms with Crippen molar-refractivity contribution in [1.82, 2.24) is 4.31 Å². The van der Waals surface area contributed by atoms with Crippen LogP contribution < -0.4 is 18.7 Å². The monoisotopic (exact) mass is 565 g/mol. The Morgan fingerprint density at radius 3 is 2.08 bits per heavy atom. The van der Waals surface area contributed by atoms with Crippen molar-refractivity contribution >= 4 is 43.0 Å². The summed E-state index contributed by atoms with van der Waals surface area (Å²) >= 11 is 6.14. The molecule has 1 saturated heterocycles. The normalized spacial score (nSPS) is 14.9. The summed E-state index contributed by atoms with van der Waals surface area (Å²) in [6.07, 6.45) is 0. The Hall–Kier alpha value is -2.99. The fourth-order valence-corrected chi connectivity index (χ4v) is 7.26. The van der Waals surface area contributed by atoms with Gasteiger partial charge >= 0.3 is 0 Å². The van der Waals surface area contributed by atoms with E-state index in [1.807, 2.05) is 4.90 Å². The highest BCUT2D eigenvalue weighted by Gasteiger charge is 2.31. The smallest absolute Gasteiger partial charge is 0.264 e. The lowest BCUT2D eigenvalue weighted by Crippen LogP contribution is -2.48. The van der Waals surface area contributed by atoms with Crippen molar-refractivity contribution in [3.8, 4) is 11.5 Å². The van der Waals surface area contributed by atoms with E-state index in [1.54, 1.807) is 61.7 Å². The summed E-state index contributed by atoms with van der Waals surface area (Å²) in [5, 5.41) is 0.172. The first kappa shape index (κ1) is 27.1. The number of sulfonamides is 2.